The first kappa shape index (κ1) is 12.2. The van der Waals surface area contributed by atoms with Gasteiger partial charge in [0.15, 0.2) is 0 Å². The SMILES string of the molecule is Cc1cc(NC(C)c2ccco2)cc([N+](=O)[O-])c1. The van der Waals surface area contributed by atoms with Crippen molar-refractivity contribution in [3.8, 4) is 0 Å². The third-order valence-electron chi connectivity index (χ3n) is 2.63. The zero-order valence-corrected chi connectivity index (χ0v) is 10.2. The number of nitro groups is 1. The first-order chi connectivity index (χ1) is 8.56. The Bertz CT molecular complexity index is 549. The predicted octanol–water partition coefficient (Wildman–Crippen LogP) is 3.67. The fourth-order valence-electron chi connectivity index (χ4n) is 1.81. The minimum absolute atomic E-state index is 0.0404. The van der Waals surface area contributed by atoms with Gasteiger partial charge in [-0.05, 0) is 37.6 Å². The number of rotatable bonds is 4. The van der Waals surface area contributed by atoms with Gasteiger partial charge in [-0.3, -0.25) is 10.1 Å². The summed E-state index contributed by atoms with van der Waals surface area (Å²) in [4.78, 5) is 10.4. The van der Waals surface area contributed by atoms with E-state index in [1.54, 1.807) is 12.3 Å². The van der Waals surface area contributed by atoms with Crippen molar-refractivity contribution < 1.29 is 9.34 Å². The van der Waals surface area contributed by atoms with Crippen LogP contribution in [0.4, 0.5) is 11.4 Å². The second kappa shape index (κ2) is 4.91. The van der Waals surface area contributed by atoms with E-state index in [4.69, 9.17) is 4.42 Å². The second-order valence-corrected chi connectivity index (χ2v) is 4.20. The highest BCUT2D eigenvalue weighted by atomic mass is 16.6. The van der Waals surface area contributed by atoms with Crippen molar-refractivity contribution in [2.24, 2.45) is 0 Å². The zero-order chi connectivity index (χ0) is 13.1. The summed E-state index contributed by atoms with van der Waals surface area (Å²) < 4.78 is 5.28. The molecule has 1 N–H and O–H groups in total. The number of furan rings is 1. The highest BCUT2D eigenvalue weighted by molar-refractivity contribution is 5.54. The van der Waals surface area contributed by atoms with Crippen LogP contribution in [0.25, 0.3) is 0 Å². The lowest BCUT2D eigenvalue weighted by Gasteiger charge is -2.13. The van der Waals surface area contributed by atoms with Crippen molar-refractivity contribution in [1.82, 2.24) is 0 Å². The van der Waals surface area contributed by atoms with Crippen LogP contribution in [-0.4, -0.2) is 4.92 Å². The number of nitrogens with zero attached hydrogens (tertiary/aromatic N) is 1. The lowest BCUT2D eigenvalue weighted by molar-refractivity contribution is -0.384. The number of non-ortho nitro benzene ring substituents is 1. The van der Waals surface area contributed by atoms with Crippen LogP contribution < -0.4 is 5.32 Å². The van der Waals surface area contributed by atoms with Gasteiger partial charge in [0, 0.05) is 17.8 Å². The Morgan fingerprint density at radius 3 is 2.78 bits per heavy atom. The van der Waals surface area contributed by atoms with Crippen molar-refractivity contribution in [3.63, 3.8) is 0 Å². The summed E-state index contributed by atoms with van der Waals surface area (Å²) in [6.07, 6.45) is 1.60. The van der Waals surface area contributed by atoms with Gasteiger partial charge in [0.25, 0.3) is 5.69 Å². The molecular formula is C13H14N2O3. The lowest BCUT2D eigenvalue weighted by Crippen LogP contribution is -2.06. The molecule has 1 heterocycles. The number of hydrogen-bond acceptors (Lipinski definition) is 4. The molecule has 94 valence electrons. The summed E-state index contributed by atoms with van der Waals surface area (Å²) in [5, 5.41) is 14.0. The molecule has 5 heteroatoms. The van der Waals surface area contributed by atoms with E-state index in [1.165, 1.54) is 6.07 Å². The molecule has 0 radical (unpaired) electrons. The number of anilines is 1. The number of aryl methyl sites for hydroxylation is 1. The zero-order valence-electron chi connectivity index (χ0n) is 10.2. The molecule has 1 aromatic heterocycles. The minimum Gasteiger partial charge on any atom is -0.467 e. The molecule has 0 amide bonds. The summed E-state index contributed by atoms with van der Waals surface area (Å²) in [6, 6.07) is 8.57. The van der Waals surface area contributed by atoms with E-state index < -0.39 is 4.92 Å². The molecule has 2 aromatic rings. The molecule has 0 aliphatic heterocycles. The van der Waals surface area contributed by atoms with E-state index >= 15 is 0 Å². The Hall–Kier alpha value is -2.30. The molecule has 1 unspecified atom stereocenters. The van der Waals surface area contributed by atoms with Gasteiger partial charge in [0.2, 0.25) is 0 Å². The van der Waals surface area contributed by atoms with Crippen molar-refractivity contribution in [1.29, 1.82) is 0 Å². The van der Waals surface area contributed by atoms with Gasteiger partial charge in [-0.25, -0.2) is 0 Å². The summed E-state index contributed by atoms with van der Waals surface area (Å²) in [5.41, 5.74) is 1.65. The molecular weight excluding hydrogens is 232 g/mol. The Morgan fingerprint density at radius 2 is 2.17 bits per heavy atom. The monoisotopic (exact) mass is 246 g/mol. The molecule has 0 saturated heterocycles. The molecule has 18 heavy (non-hydrogen) atoms. The van der Waals surface area contributed by atoms with E-state index in [0.29, 0.717) is 5.69 Å². The molecule has 2 rings (SSSR count). The summed E-state index contributed by atoms with van der Waals surface area (Å²) in [5.74, 6) is 0.791. The van der Waals surface area contributed by atoms with Gasteiger partial charge in [0.1, 0.15) is 5.76 Å². The molecule has 0 saturated carbocycles. The topological polar surface area (TPSA) is 68.3 Å². The van der Waals surface area contributed by atoms with E-state index in [1.807, 2.05) is 32.0 Å². The fraction of sp³-hybridized carbons (Fsp3) is 0.231. The number of nitro benzene ring substituents is 1. The Kier molecular flexibility index (Phi) is 3.32. The highest BCUT2D eigenvalue weighted by Crippen LogP contribution is 2.24. The van der Waals surface area contributed by atoms with Gasteiger partial charge in [-0.2, -0.15) is 0 Å². The summed E-state index contributed by atoms with van der Waals surface area (Å²) >= 11 is 0. The van der Waals surface area contributed by atoms with Crippen LogP contribution in [0.1, 0.15) is 24.3 Å². The smallest absolute Gasteiger partial charge is 0.271 e. The Balaban J connectivity index is 2.21. The molecule has 5 nitrogen and oxygen atoms in total. The van der Waals surface area contributed by atoms with Crippen molar-refractivity contribution >= 4 is 11.4 Å². The van der Waals surface area contributed by atoms with Gasteiger partial charge in [-0.1, -0.05) is 0 Å². The Morgan fingerprint density at radius 1 is 1.39 bits per heavy atom. The quantitative estimate of drug-likeness (QED) is 0.660. The average Bonchev–Trinajstić information content (AvgIpc) is 2.81. The first-order valence-corrected chi connectivity index (χ1v) is 5.62. The lowest BCUT2D eigenvalue weighted by atomic mass is 10.1. The second-order valence-electron chi connectivity index (χ2n) is 4.20. The van der Waals surface area contributed by atoms with Crippen LogP contribution in [0.15, 0.2) is 41.0 Å². The van der Waals surface area contributed by atoms with Crippen LogP contribution in [0.3, 0.4) is 0 Å². The van der Waals surface area contributed by atoms with Crippen molar-refractivity contribution in [3.05, 3.63) is 58.0 Å². The average molecular weight is 246 g/mol. The molecule has 0 bridgehead atoms. The third-order valence-corrected chi connectivity index (χ3v) is 2.63. The van der Waals surface area contributed by atoms with Crippen LogP contribution in [0, 0.1) is 17.0 Å². The molecule has 0 spiro atoms. The van der Waals surface area contributed by atoms with E-state index in [0.717, 1.165) is 11.3 Å². The van der Waals surface area contributed by atoms with E-state index in [9.17, 15) is 10.1 Å². The third kappa shape index (κ3) is 2.68. The van der Waals surface area contributed by atoms with Crippen LogP contribution >= 0.6 is 0 Å². The van der Waals surface area contributed by atoms with Crippen molar-refractivity contribution in [2.75, 3.05) is 5.32 Å². The van der Waals surface area contributed by atoms with Crippen molar-refractivity contribution in [2.45, 2.75) is 19.9 Å². The highest BCUT2D eigenvalue weighted by Gasteiger charge is 2.12. The number of hydrogen-bond donors (Lipinski definition) is 1. The fourth-order valence-corrected chi connectivity index (χ4v) is 1.81. The van der Waals surface area contributed by atoms with Crippen LogP contribution in [-0.2, 0) is 0 Å². The van der Waals surface area contributed by atoms with Crippen LogP contribution in [0.2, 0.25) is 0 Å². The normalized spacial score (nSPS) is 12.1. The molecule has 1 aromatic carbocycles. The first-order valence-electron chi connectivity index (χ1n) is 5.62. The maximum absolute atomic E-state index is 10.8. The molecule has 0 fully saturated rings. The van der Waals surface area contributed by atoms with Gasteiger partial charge >= 0.3 is 0 Å². The van der Waals surface area contributed by atoms with Gasteiger partial charge in [-0.15, -0.1) is 0 Å². The predicted molar refractivity (Wildman–Crippen MR) is 68.6 cm³/mol. The maximum Gasteiger partial charge on any atom is 0.271 e. The number of nitrogens with one attached hydrogen (secondary N) is 1. The van der Waals surface area contributed by atoms with E-state index in [-0.39, 0.29) is 11.7 Å². The number of benzene rings is 1. The van der Waals surface area contributed by atoms with Crippen LogP contribution in [0.5, 0.6) is 0 Å². The Labute approximate surface area is 105 Å². The summed E-state index contributed by atoms with van der Waals surface area (Å²) in [7, 11) is 0. The van der Waals surface area contributed by atoms with Gasteiger partial charge < -0.3 is 9.73 Å². The van der Waals surface area contributed by atoms with E-state index in [2.05, 4.69) is 5.32 Å². The standard InChI is InChI=1S/C13H14N2O3/c1-9-6-11(8-12(7-9)15(16)17)14-10(2)13-4-3-5-18-13/h3-8,10,14H,1-2H3. The maximum atomic E-state index is 10.8. The van der Waals surface area contributed by atoms with Gasteiger partial charge in [0.05, 0.1) is 17.2 Å². The molecule has 0 aliphatic carbocycles. The minimum atomic E-state index is -0.393. The largest absolute Gasteiger partial charge is 0.467 e. The molecule has 0 aliphatic rings. The molecule has 1 atom stereocenters. The summed E-state index contributed by atoms with van der Waals surface area (Å²) in [6.45, 7) is 3.77.